The Labute approximate surface area is 196 Å². The second-order valence-corrected chi connectivity index (χ2v) is 10.3. The maximum atomic E-state index is 14.4. The largest absolute Gasteiger partial charge is 0.367 e. The second kappa shape index (κ2) is 8.33. The van der Waals surface area contributed by atoms with E-state index >= 15 is 0 Å². The lowest BCUT2D eigenvalue weighted by Crippen LogP contribution is -2.56. The second-order valence-electron chi connectivity index (χ2n) is 9.36. The first-order valence-electron chi connectivity index (χ1n) is 11.9. The molecule has 170 valence electrons. The first-order chi connectivity index (χ1) is 16.1. The molecule has 0 radical (unpaired) electrons. The number of rotatable bonds is 3. The van der Waals surface area contributed by atoms with Gasteiger partial charge in [-0.25, -0.2) is 8.78 Å². The maximum Gasteiger partial charge on any atom is 0.126 e. The zero-order valence-corrected chi connectivity index (χ0v) is 19.4. The Morgan fingerprint density at radius 2 is 1.70 bits per heavy atom. The molecular formula is C27H27F2N3S. The molecule has 2 fully saturated rings. The molecule has 1 aliphatic heterocycles. The molecule has 0 N–H and O–H groups in total. The van der Waals surface area contributed by atoms with Crippen LogP contribution in [-0.4, -0.2) is 36.1 Å². The van der Waals surface area contributed by atoms with E-state index in [9.17, 15) is 8.78 Å². The molecule has 4 aromatic rings. The van der Waals surface area contributed by atoms with Crippen molar-refractivity contribution in [3.05, 3.63) is 71.2 Å². The number of benzene rings is 2. The molecule has 3 nitrogen and oxygen atoms in total. The van der Waals surface area contributed by atoms with Gasteiger partial charge in [0, 0.05) is 53.4 Å². The van der Waals surface area contributed by atoms with E-state index in [4.69, 9.17) is 0 Å². The van der Waals surface area contributed by atoms with E-state index in [0.29, 0.717) is 0 Å². The van der Waals surface area contributed by atoms with E-state index in [1.54, 1.807) is 41.8 Å². The van der Waals surface area contributed by atoms with Gasteiger partial charge < -0.3 is 4.90 Å². The maximum absolute atomic E-state index is 14.4. The highest BCUT2D eigenvalue weighted by atomic mass is 32.1. The Morgan fingerprint density at radius 1 is 0.879 bits per heavy atom. The summed E-state index contributed by atoms with van der Waals surface area (Å²) in [4.78, 5) is 9.45. The summed E-state index contributed by atoms with van der Waals surface area (Å²) in [6.45, 7) is 3.45. The van der Waals surface area contributed by atoms with Gasteiger partial charge >= 0.3 is 0 Å². The van der Waals surface area contributed by atoms with Crippen molar-refractivity contribution < 1.29 is 8.78 Å². The summed E-state index contributed by atoms with van der Waals surface area (Å²) >= 11 is 1.73. The first kappa shape index (κ1) is 21.0. The van der Waals surface area contributed by atoms with E-state index in [2.05, 4.69) is 20.2 Å². The number of fused-ring (bicyclic) bond motifs is 2. The van der Waals surface area contributed by atoms with E-state index in [1.807, 2.05) is 18.2 Å². The molecule has 0 amide bonds. The molecule has 3 heterocycles. The van der Waals surface area contributed by atoms with Gasteiger partial charge in [-0.2, -0.15) is 0 Å². The van der Waals surface area contributed by atoms with Crippen molar-refractivity contribution in [2.75, 3.05) is 31.1 Å². The number of anilines is 1. The molecule has 2 aliphatic rings. The lowest BCUT2D eigenvalue weighted by atomic mass is 9.74. The van der Waals surface area contributed by atoms with Crippen molar-refractivity contribution >= 4 is 38.0 Å². The number of aromatic nitrogens is 1. The molecule has 0 spiro atoms. The van der Waals surface area contributed by atoms with Crippen LogP contribution in [0.2, 0.25) is 0 Å². The minimum absolute atomic E-state index is 0.0430. The van der Waals surface area contributed by atoms with Crippen LogP contribution in [0.25, 0.3) is 21.0 Å². The molecule has 0 bridgehead atoms. The van der Waals surface area contributed by atoms with Crippen LogP contribution >= 0.6 is 11.3 Å². The van der Waals surface area contributed by atoms with Gasteiger partial charge in [-0.3, -0.25) is 9.88 Å². The summed E-state index contributed by atoms with van der Waals surface area (Å²) < 4.78 is 29.7. The SMILES string of the molecule is Fc1cc(N2CCN(C3(c4csc5ccc(F)cc45)CCCCC3)CC2)c2ncccc2c1. The van der Waals surface area contributed by atoms with Crippen molar-refractivity contribution in [2.45, 2.75) is 37.6 Å². The summed E-state index contributed by atoms with van der Waals surface area (Å²) in [5.41, 5.74) is 3.00. The third-order valence-electron chi connectivity index (χ3n) is 7.59. The Bertz CT molecular complexity index is 1300. The van der Waals surface area contributed by atoms with Gasteiger partial charge in [0.25, 0.3) is 0 Å². The Morgan fingerprint density at radius 3 is 2.52 bits per heavy atom. The fourth-order valence-corrected chi connectivity index (χ4v) is 7.04. The topological polar surface area (TPSA) is 19.4 Å². The number of halogens is 2. The molecule has 1 saturated carbocycles. The average molecular weight is 464 g/mol. The van der Waals surface area contributed by atoms with Gasteiger partial charge in [-0.1, -0.05) is 25.3 Å². The fourth-order valence-electron chi connectivity index (χ4n) is 6.01. The van der Waals surface area contributed by atoms with Gasteiger partial charge in [-0.05, 0) is 60.2 Å². The Kier molecular flexibility index (Phi) is 5.30. The monoisotopic (exact) mass is 463 g/mol. The number of hydrogen-bond donors (Lipinski definition) is 0. The smallest absolute Gasteiger partial charge is 0.126 e. The molecule has 1 aliphatic carbocycles. The third kappa shape index (κ3) is 3.60. The van der Waals surface area contributed by atoms with Gasteiger partial charge in [0.1, 0.15) is 11.6 Å². The molecule has 0 atom stereocenters. The number of pyridine rings is 1. The van der Waals surface area contributed by atoms with Gasteiger partial charge in [-0.15, -0.1) is 11.3 Å². The van der Waals surface area contributed by atoms with Crippen LogP contribution in [0.1, 0.15) is 37.7 Å². The molecule has 0 unspecified atom stereocenters. The van der Waals surface area contributed by atoms with Crippen LogP contribution in [-0.2, 0) is 5.54 Å². The van der Waals surface area contributed by atoms with Crippen LogP contribution in [0.5, 0.6) is 0 Å². The number of hydrogen-bond acceptors (Lipinski definition) is 4. The molecule has 2 aromatic carbocycles. The average Bonchev–Trinajstić information content (AvgIpc) is 3.27. The lowest BCUT2D eigenvalue weighted by molar-refractivity contribution is 0.0432. The summed E-state index contributed by atoms with van der Waals surface area (Å²) in [5.74, 6) is -0.383. The molecule has 6 heteroatoms. The van der Waals surface area contributed by atoms with Crippen LogP contribution in [0.15, 0.2) is 54.0 Å². The van der Waals surface area contributed by atoms with Gasteiger partial charge in [0.2, 0.25) is 0 Å². The highest BCUT2D eigenvalue weighted by Gasteiger charge is 2.42. The van der Waals surface area contributed by atoms with Crippen molar-refractivity contribution in [2.24, 2.45) is 0 Å². The minimum atomic E-state index is -0.219. The summed E-state index contributed by atoms with van der Waals surface area (Å²) in [6, 6.07) is 12.1. The van der Waals surface area contributed by atoms with E-state index in [-0.39, 0.29) is 17.2 Å². The predicted octanol–water partition coefficient (Wildman–Crippen LogP) is 6.71. The van der Waals surface area contributed by atoms with Crippen molar-refractivity contribution in [1.29, 1.82) is 0 Å². The quantitative estimate of drug-likeness (QED) is 0.337. The minimum Gasteiger partial charge on any atom is -0.367 e. The van der Waals surface area contributed by atoms with Crippen LogP contribution < -0.4 is 4.90 Å². The normalized spacial score (nSPS) is 19.4. The summed E-state index contributed by atoms with van der Waals surface area (Å²) in [5, 5.41) is 4.18. The highest BCUT2D eigenvalue weighted by Crippen LogP contribution is 2.47. The predicted molar refractivity (Wildman–Crippen MR) is 132 cm³/mol. The first-order valence-corrected chi connectivity index (χ1v) is 12.7. The standard InChI is InChI=1S/C27H27F2N3S/c28-20-6-7-25-22(16-20)23(18-33-25)27(8-2-1-3-9-27)32-13-11-31(12-14-32)24-17-21(29)15-19-5-4-10-30-26(19)24/h4-7,10,15-18H,1-3,8-9,11-14H2. The number of nitrogens with zero attached hydrogens (tertiary/aromatic N) is 3. The van der Waals surface area contributed by atoms with Crippen molar-refractivity contribution in [3.63, 3.8) is 0 Å². The molecule has 6 rings (SSSR count). The van der Waals surface area contributed by atoms with Gasteiger partial charge in [0.05, 0.1) is 11.2 Å². The summed E-state index contributed by atoms with van der Waals surface area (Å²) in [7, 11) is 0. The Hall–Kier alpha value is -2.57. The third-order valence-corrected chi connectivity index (χ3v) is 8.56. The van der Waals surface area contributed by atoms with Crippen LogP contribution in [0.4, 0.5) is 14.5 Å². The Balaban J connectivity index is 1.33. The number of thiophene rings is 1. The lowest BCUT2D eigenvalue weighted by Gasteiger charge is -2.50. The zero-order valence-electron chi connectivity index (χ0n) is 18.6. The molecule has 2 aromatic heterocycles. The fraction of sp³-hybridized carbons (Fsp3) is 0.370. The zero-order chi connectivity index (χ0) is 22.4. The van der Waals surface area contributed by atoms with Crippen LogP contribution in [0, 0.1) is 11.6 Å². The van der Waals surface area contributed by atoms with Crippen molar-refractivity contribution in [3.8, 4) is 0 Å². The molecule has 1 saturated heterocycles. The highest BCUT2D eigenvalue weighted by molar-refractivity contribution is 7.17. The molecular weight excluding hydrogens is 436 g/mol. The van der Waals surface area contributed by atoms with E-state index in [1.165, 1.54) is 24.8 Å². The van der Waals surface area contributed by atoms with Crippen LogP contribution in [0.3, 0.4) is 0 Å². The van der Waals surface area contributed by atoms with Crippen molar-refractivity contribution in [1.82, 2.24) is 9.88 Å². The van der Waals surface area contributed by atoms with E-state index in [0.717, 1.165) is 65.7 Å². The molecule has 33 heavy (non-hydrogen) atoms. The summed E-state index contributed by atoms with van der Waals surface area (Å²) in [6.07, 6.45) is 7.66. The van der Waals surface area contributed by atoms with Gasteiger partial charge in [0.15, 0.2) is 0 Å². The van der Waals surface area contributed by atoms with E-state index < -0.39 is 0 Å². The number of piperazine rings is 1.